The van der Waals surface area contributed by atoms with Crippen LogP contribution in [-0.4, -0.2) is 43.6 Å². The summed E-state index contributed by atoms with van der Waals surface area (Å²) in [5, 5.41) is 13.9. The maximum atomic E-state index is 10.5. The quantitative estimate of drug-likeness (QED) is 0.844. The zero-order valence-electron chi connectivity index (χ0n) is 11.7. The van der Waals surface area contributed by atoms with Crippen molar-refractivity contribution in [3.63, 3.8) is 0 Å². The summed E-state index contributed by atoms with van der Waals surface area (Å²) in [5.74, 6) is 0.826. The lowest BCUT2D eigenvalue weighted by Gasteiger charge is -2.31. The molecule has 0 amide bonds. The summed E-state index contributed by atoms with van der Waals surface area (Å²) in [5.41, 5.74) is 0.339. The largest absolute Gasteiger partial charge is 0.497 e. The molecule has 106 valence electrons. The number of hydrogen-bond donors (Lipinski definition) is 2. The number of morpholine rings is 1. The van der Waals surface area contributed by atoms with Crippen molar-refractivity contribution >= 4 is 0 Å². The molecule has 1 aliphatic heterocycles. The van der Waals surface area contributed by atoms with Crippen molar-refractivity contribution in [2.45, 2.75) is 31.4 Å². The van der Waals surface area contributed by atoms with Gasteiger partial charge in [-0.25, -0.2) is 0 Å². The first-order valence-corrected chi connectivity index (χ1v) is 6.75. The molecule has 0 bridgehead atoms. The molecule has 0 aliphatic carbocycles. The van der Waals surface area contributed by atoms with Crippen LogP contribution < -0.4 is 10.1 Å². The van der Waals surface area contributed by atoms with Crippen molar-refractivity contribution in [2.24, 2.45) is 0 Å². The highest BCUT2D eigenvalue weighted by Gasteiger charge is 2.27. The molecule has 1 heterocycles. The minimum Gasteiger partial charge on any atom is -0.497 e. The summed E-state index contributed by atoms with van der Waals surface area (Å²) < 4.78 is 10.6. The number of nitrogens with one attached hydrogen (secondary N) is 1. The van der Waals surface area contributed by atoms with E-state index in [1.807, 2.05) is 31.2 Å². The molecule has 0 radical (unpaired) electrons. The van der Waals surface area contributed by atoms with E-state index in [0.717, 1.165) is 24.5 Å². The Bertz CT molecular complexity index is 400. The molecular formula is C15H23NO3. The van der Waals surface area contributed by atoms with Crippen molar-refractivity contribution in [1.29, 1.82) is 0 Å². The molecule has 1 saturated heterocycles. The van der Waals surface area contributed by atoms with Crippen LogP contribution in [0, 0.1) is 0 Å². The van der Waals surface area contributed by atoms with Gasteiger partial charge in [-0.2, -0.15) is 0 Å². The number of ether oxygens (including phenoxy) is 2. The fourth-order valence-corrected chi connectivity index (χ4v) is 2.58. The molecule has 1 aromatic rings. The zero-order chi connectivity index (χ0) is 13.7. The van der Waals surface area contributed by atoms with E-state index in [1.165, 1.54) is 0 Å². The summed E-state index contributed by atoms with van der Waals surface area (Å²) >= 11 is 0. The predicted molar refractivity (Wildman–Crippen MR) is 74.5 cm³/mol. The molecule has 2 N–H and O–H groups in total. The molecule has 1 fully saturated rings. The molecule has 1 aromatic carbocycles. The Kier molecular flexibility index (Phi) is 4.80. The van der Waals surface area contributed by atoms with Crippen LogP contribution in [0.15, 0.2) is 24.3 Å². The van der Waals surface area contributed by atoms with Crippen molar-refractivity contribution in [3.8, 4) is 5.75 Å². The molecule has 2 atom stereocenters. The van der Waals surface area contributed by atoms with Gasteiger partial charge in [0, 0.05) is 19.0 Å². The molecule has 4 heteroatoms. The van der Waals surface area contributed by atoms with Crippen LogP contribution in [0.25, 0.3) is 0 Å². The van der Waals surface area contributed by atoms with Gasteiger partial charge in [-0.05, 0) is 31.0 Å². The highest BCUT2D eigenvalue weighted by Crippen LogP contribution is 2.22. The molecule has 19 heavy (non-hydrogen) atoms. The van der Waals surface area contributed by atoms with Crippen LogP contribution in [0.4, 0.5) is 0 Å². The molecule has 4 nitrogen and oxygen atoms in total. The average molecular weight is 265 g/mol. The van der Waals surface area contributed by atoms with Gasteiger partial charge in [0.15, 0.2) is 0 Å². The molecular weight excluding hydrogens is 242 g/mol. The van der Waals surface area contributed by atoms with Crippen LogP contribution in [0.2, 0.25) is 0 Å². The fourth-order valence-electron chi connectivity index (χ4n) is 2.58. The van der Waals surface area contributed by atoms with Gasteiger partial charge in [-0.3, -0.25) is 0 Å². The Morgan fingerprint density at radius 2 is 2.37 bits per heavy atom. The third kappa shape index (κ3) is 4.49. The van der Waals surface area contributed by atoms with E-state index in [-0.39, 0.29) is 6.04 Å². The van der Waals surface area contributed by atoms with Crippen molar-refractivity contribution in [2.75, 3.05) is 26.9 Å². The minimum atomic E-state index is -0.745. The van der Waals surface area contributed by atoms with Crippen LogP contribution in [0.1, 0.15) is 18.9 Å². The van der Waals surface area contributed by atoms with Gasteiger partial charge in [0.05, 0.1) is 25.9 Å². The third-order valence-corrected chi connectivity index (χ3v) is 3.40. The lowest BCUT2D eigenvalue weighted by molar-refractivity contribution is 0.00649. The topological polar surface area (TPSA) is 50.7 Å². The monoisotopic (exact) mass is 265 g/mol. The molecule has 2 unspecified atom stereocenters. The standard InChI is InChI=1S/C15H23NO3/c1-15(17,10-13-11-19-7-6-16-13)9-12-4-3-5-14(8-12)18-2/h3-5,8,13,16-17H,6-7,9-11H2,1-2H3. The molecule has 0 saturated carbocycles. The Balaban J connectivity index is 1.94. The summed E-state index contributed by atoms with van der Waals surface area (Å²) in [6, 6.07) is 8.08. The number of aliphatic hydroxyl groups is 1. The maximum absolute atomic E-state index is 10.5. The second kappa shape index (κ2) is 6.37. The van der Waals surface area contributed by atoms with Gasteiger partial charge in [0.25, 0.3) is 0 Å². The third-order valence-electron chi connectivity index (χ3n) is 3.40. The van der Waals surface area contributed by atoms with Gasteiger partial charge in [0.2, 0.25) is 0 Å². The van der Waals surface area contributed by atoms with Crippen molar-refractivity contribution in [1.82, 2.24) is 5.32 Å². The van der Waals surface area contributed by atoms with Gasteiger partial charge in [0.1, 0.15) is 5.75 Å². The Hall–Kier alpha value is -1.10. The summed E-state index contributed by atoms with van der Waals surface area (Å²) in [6.45, 7) is 4.17. The summed E-state index contributed by atoms with van der Waals surface area (Å²) in [7, 11) is 1.65. The Morgan fingerprint density at radius 3 is 3.05 bits per heavy atom. The average Bonchev–Trinajstić information content (AvgIpc) is 2.39. The van der Waals surface area contributed by atoms with E-state index in [0.29, 0.717) is 19.4 Å². The highest BCUT2D eigenvalue weighted by atomic mass is 16.5. The van der Waals surface area contributed by atoms with Crippen molar-refractivity contribution < 1.29 is 14.6 Å². The lowest BCUT2D eigenvalue weighted by Crippen LogP contribution is -2.46. The molecule has 0 spiro atoms. The Labute approximate surface area is 114 Å². The number of rotatable bonds is 5. The van der Waals surface area contributed by atoms with Crippen LogP contribution in [0.3, 0.4) is 0 Å². The Morgan fingerprint density at radius 1 is 1.53 bits per heavy atom. The summed E-state index contributed by atoms with van der Waals surface area (Å²) in [4.78, 5) is 0. The second-order valence-electron chi connectivity index (χ2n) is 5.46. The smallest absolute Gasteiger partial charge is 0.119 e. The number of hydrogen-bond acceptors (Lipinski definition) is 4. The van der Waals surface area contributed by atoms with Gasteiger partial charge >= 0.3 is 0 Å². The maximum Gasteiger partial charge on any atom is 0.119 e. The van der Waals surface area contributed by atoms with Crippen LogP contribution in [-0.2, 0) is 11.2 Å². The van der Waals surface area contributed by atoms with Crippen molar-refractivity contribution in [3.05, 3.63) is 29.8 Å². The predicted octanol–water partition coefficient (Wildman–Crippen LogP) is 1.37. The lowest BCUT2D eigenvalue weighted by atomic mass is 9.89. The molecule has 2 rings (SSSR count). The van der Waals surface area contributed by atoms with E-state index in [1.54, 1.807) is 7.11 Å². The normalized spacial score (nSPS) is 22.8. The van der Waals surface area contributed by atoms with Gasteiger partial charge in [-0.1, -0.05) is 12.1 Å². The van der Waals surface area contributed by atoms with Crippen LogP contribution >= 0.6 is 0 Å². The van der Waals surface area contributed by atoms with E-state index < -0.39 is 5.60 Å². The van der Waals surface area contributed by atoms with Crippen LogP contribution in [0.5, 0.6) is 5.75 Å². The number of benzene rings is 1. The summed E-state index contributed by atoms with van der Waals surface area (Å²) in [6.07, 6.45) is 1.30. The van der Waals surface area contributed by atoms with E-state index >= 15 is 0 Å². The first kappa shape index (κ1) is 14.3. The first-order valence-electron chi connectivity index (χ1n) is 6.75. The van der Waals surface area contributed by atoms with Gasteiger partial charge < -0.3 is 19.9 Å². The SMILES string of the molecule is COc1cccc(CC(C)(O)CC2COCCN2)c1. The fraction of sp³-hybridized carbons (Fsp3) is 0.600. The zero-order valence-corrected chi connectivity index (χ0v) is 11.7. The van der Waals surface area contributed by atoms with Gasteiger partial charge in [-0.15, -0.1) is 0 Å². The molecule has 1 aliphatic rings. The number of methoxy groups -OCH3 is 1. The van der Waals surface area contributed by atoms with E-state index in [9.17, 15) is 5.11 Å². The second-order valence-corrected chi connectivity index (χ2v) is 5.46. The minimum absolute atomic E-state index is 0.231. The first-order chi connectivity index (χ1) is 9.09. The molecule has 0 aromatic heterocycles. The van der Waals surface area contributed by atoms with E-state index in [4.69, 9.17) is 9.47 Å². The van der Waals surface area contributed by atoms with E-state index in [2.05, 4.69) is 5.32 Å². The highest BCUT2D eigenvalue weighted by molar-refractivity contribution is 5.29.